The summed E-state index contributed by atoms with van der Waals surface area (Å²) in [6, 6.07) is 3.60. The first-order valence-electron chi connectivity index (χ1n) is 12.1. The first kappa shape index (κ1) is 28.2. The number of nitrogens with two attached hydrogens (primary N) is 1. The van der Waals surface area contributed by atoms with E-state index < -0.39 is 53.0 Å². The van der Waals surface area contributed by atoms with Gasteiger partial charge in [-0.1, -0.05) is 6.07 Å². The number of anilines is 2. The predicted molar refractivity (Wildman–Crippen MR) is 141 cm³/mol. The highest BCUT2D eigenvalue weighted by Crippen LogP contribution is 2.48. The fourth-order valence-corrected chi connectivity index (χ4v) is 6.05. The molecule has 3 N–H and O–H groups in total. The molecule has 5 rings (SSSR count). The van der Waals surface area contributed by atoms with Gasteiger partial charge in [0.25, 0.3) is 0 Å². The molecule has 214 valence electrons. The monoisotopic (exact) mass is 592 g/mol. The standard InChI is InChI=1S/C26H21F5N6O3S/c1-36(11-5-6-37(9-11)17(39)10-38)24-13-7-15(26(29,30)31)19(20(28)21(13)34-25(35-24)40-2)12-3-4-16(27)22-18(12)14(8-32)23(33)41-22/h3-4,7,11,38H,5-6,9-10,33H2,1-2H3. The number of likely N-dealkylation sites (tertiary alicyclic amines) is 1. The van der Waals surface area contributed by atoms with Crippen molar-refractivity contribution < 1.29 is 36.6 Å². The predicted octanol–water partition coefficient (Wildman–Crippen LogP) is 4.30. The van der Waals surface area contributed by atoms with Crippen LogP contribution in [-0.4, -0.2) is 65.8 Å². The number of carbonyl (C=O) groups is 1. The molecule has 4 aromatic rings. The number of aliphatic hydroxyl groups excluding tert-OH is 1. The Hall–Kier alpha value is -4.29. The van der Waals surface area contributed by atoms with Crippen LogP contribution in [0, 0.1) is 23.0 Å². The molecule has 1 unspecified atom stereocenters. The van der Waals surface area contributed by atoms with E-state index in [-0.39, 0.29) is 50.0 Å². The number of amides is 1. The van der Waals surface area contributed by atoms with Crippen molar-refractivity contribution in [2.24, 2.45) is 0 Å². The van der Waals surface area contributed by atoms with E-state index in [1.54, 1.807) is 6.07 Å². The van der Waals surface area contributed by atoms with Crippen LogP contribution in [0.5, 0.6) is 6.01 Å². The molecule has 1 aliphatic heterocycles. The maximum Gasteiger partial charge on any atom is 0.417 e. The number of aromatic nitrogens is 2. The number of hydrogen-bond donors (Lipinski definition) is 2. The van der Waals surface area contributed by atoms with Crippen LogP contribution >= 0.6 is 11.3 Å². The summed E-state index contributed by atoms with van der Waals surface area (Å²) in [5.41, 5.74) is 2.39. The van der Waals surface area contributed by atoms with Gasteiger partial charge in [0.05, 0.1) is 22.9 Å². The number of rotatable bonds is 5. The van der Waals surface area contributed by atoms with Gasteiger partial charge in [-0.05, 0) is 24.1 Å². The number of carbonyl (C=O) groups excluding carboxylic acids is 1. The summed E-state index contributed by atoms with van der Waals surface area (Å²) in [5.74, 6) is -2.78. The second-order valence-corrected chi connectivity index (χ2v) is 10.4. The molecular weight excluding hydrogens is 571 g/mol. The van der Waals surface area contributed by atoms with Crippen molar-refractivity contribution in [1.29, 1.82) is 5.26 Å². The Bertz CT molecular complexity index is 1750. The fraction of sp³-hybridized carbons (Fsp3) is 0.308. The van der Waals surface area contributed by atoms with Crippen LogP contribution in [0.4, 0.5) is 32.8 Å². The van der Waals surface area contributed by atoms with Gasteiger partial charge in [0, 0.05) is 42.5 Å². The first-order valence-corrected chi connectivity index (χ1v) is 12.9. The minimum Gasteiger partial charge on any atom is -0.467 e. The van der Waals surface area contributed by atoms with E-state index in [1.807, 2.05) is 0 Å². The largest absolute Gasteiger partial charge is 0.467 e. The van der Waals surface area contributed by atoms with Crippen molar-refractivity contribution in [2.45, 2.75) is 18.6 Å². The maximum atomic E-state index is 16.4. The Kier molecular flexibility index (Phi) is 7.08. The molecule has 0 bridgehead atoms. The van der Waals surface area contributed by atoms with Crippen molar-refractivity contribution in [3.8, 4) is 23.2 Å². The van der Waals surface area contributed by atoms with Crippen molar-refractivity contribution in [2.75, 3.05) is 44.5 Å². The zero-order valence-electron chi connectivity index (χ0n) is 21.5. The van der Waals surface area contributed by atoms with Gasteiger partial charge in [-0.2, -0.15) is 28.4 Å². The Labute approximate surface area is 233 Å². The minimum absolute atomic E-state index is 0.0761. The summed E-state index contributed by atoms with van der Waals surface area (Å²) in [5, 5.41) is 18.2. The molecule has 9 nitrogen and oxygen atoms in total. The number of nitrogens with zero attached hydrogens (tertiary/aromatic N) is 5. The average molecular weight is 593 g/mol. The minimum atomic E-state index is -5.09. The number of nitriles is 1. The molecule has 1 fully saturated rings. The molecule has 0 saturated carbocycles. The number of thiophene rings is 1. The Morgan fingerprint density at radius 1 is 1.34 bits per heavy atom. The number of ether oxygens (including phenoxy) is 1. The van der Waals surface area contributed by atoms with Crippen LogP contribution in [0.15, 0.2) is 18.2 Å². The quantitative estimate of drug-likeness (QED) is 0.329. The van der Waals surface area contributed by atoms with E-state index >= 15 is 4.39 Å². The third-order valence-corrected chi connectivity index (χ3v) is 8.14. The number of aliphatic hydroxyl groups is 1. The molecule has 1 atom stereocenters. The van der Waals surface area contributed by atoms with E-state index in [4.69, 9.17) is 10.5 Å². The second-order valence-electron chi connectivity index (χ2n) is 9.34. The molecule has 41 heavy (non-hydrogen) atoms. The number of benzene rings is 2. The van der Waals surface area contributed by atoms with Crippen LogP contribution < -0.4 is 15.4 Å². The number of likely N-dealkylation sites (N-methyl/N-ethyl adjacent to an activating group) is 1. The van der Waals surface area contributed by atoms with Crippen LogP contribution in [0.3, 0.4) is 0 Å². The van der Waals surface area contributed by atoms with Crippen molar-refractivity contribution in [3.05, 3.63) is 41.0 Å². The molecular formula is C26H21F5N6O3S. The van der Waals surface area contributed by atoms with Crippen LogP contribution in [0.2, 0.25) is 0 Å². The van der Waals surface area contributed by atoms with Crippen LogP contribution in [0.25, 0.3) is 32.1 Å². The molecule has 0 aliphatic carbocycles. The van der Waals surface area contributed by atoms with Gasteiger partial charge >= 0.3 is 12.2 Å². The Morgan fingerprint density at radius 3 is 2.71 bits per heavy atom. The van der Waals surface area contributed by atoms with Gasteiger partial charge in [-0.15, -0.1) is 11.3 Å². The number of fused-ring (bicyclic) bond motifs is 2. The lowest BCUT2D eigenvalue weighted by Crippen LogP contribution is -2.38. The van der Waals surface area contributed by atoms with E-state index in [9.17, 15) is 32.7 Å². The number of methoxy groups -OCH3 is 1. The zero-order chi connectivity index (χ0) is 29.8. The first-order chi connectivity index (χ1) is 19.4. The molecule has 0 spiro atoms. The number of halogens is 5. The summed E-state index contributed by atoms with van der Waals surface area (Å²) in [6.07, 6.45) is -4.68. The van der Waals surface area contributed by atoms with Gasteiger partial charge in [-0.3, -0.25) is 4.79 Å². The van der Waals surface area contributed by atoms with Gasteiger partial charge in [0.15, 0.2) is 5.82 Å². The van der Waals surface area contributed by atoms with Gasteiger partial charge in [0.1, 0.15) is 34.8 Å². The van der Waals surface area contributed by atoms with E-state index in [1.165, 1.54) is 24.0 Å². The van der Waals surface area contributed by atoms with Gasteiger partial charge < -0.3 is 25.4 Å². The smallest absolute Gasteiger partial charge is 0.417 e. The Balaban J connectivity index is 1.80. The molecule has 2 aromatic carbocycles. The lowest BCUT2D eigenvalue weighted by Gasteiger charge is -2.27. The number of hydrogen-bond acceptors (Lipinski definition) is 9. The summed E-state index contributed by atoms with van der Waals surface area (Å²) in [7, 11) is 2.75. The third kappa shape index (κ3) is 4.62. The topological polar surface area (TPSA) is 129 Å². The van der Waals surface area contributed by atoms with Gasteiger partial charge in [0.2, 0.25) is 5.91 Å². The Morgan fingerprint density at radius 2 is 2.07 bits per heavy atom. The SMILES string of the molecule is COc1nc(N(C)C2CCN(C(=O)CO)C2)c2cc(C(F)(F)F)c(-c3ccc(F)c4sc(N)c(C#N)c34)c(F)c2n1. The molecule has 1 amide bonds. The van der Waals surface area contributed by atoms with E-state index in [0.717, 1.165) is 12.1 Å². The van der Waals surface area contributed by atoms with E-state index in [0.29, 0.717) is 30.4 Å². The molecule has 0 radical (unpaired) electrons. The highest BCUT2D eigenvalue weighted by atomic mass is 32.1. The number of nitrogen functional groups attached to an aromatic ring is 1. The lowest BCUT2D eigenvalue weighted by molar-refractivity contribution is -0.137. The average Bonchev–Trinajstić information content (AvgIpc) is 3.57. The molecule has 1 saturated heterocycles. The molecule has 15 heteroatoms. The second kappa shape index (κ2) is 10.3. The van der Waals surface area contributed by atoms with Crippen molar-refractivity contribution in [1.82, 2.24) is 14.9 Å². The molecule has 2 aromatic heterocycles. The van der Waals surface area contributed by atoms with Crippen molar-refractivity contribution in [3.63, 3.8) is 0 Å². The number of alkyl halides is 3. The van der Waals surface area contributed by atoms with Gasteiger partial charge in [-0.25, -0.2) is 8.78 Å². The zero-order valence-corrected chi connectivity index (χ0v) is 22.3. The maximum absolute atomic E-state index is 16.4. The van der Waals surface area contributed by atoms with E-state index in [2.05, 4.69) is 9.97 Å². The summed E-state index contributed by atoms with van der Waals surface area (Å²) >= 11 is 0.673. The lowest BCUT2D eigenvalue weighted by atomic mass is 9.92. The highest BCUT2D eigenvalue weighted by molar-refractivity contribution is 7.23. The summed E-state index contributed by atoms with van der Waals surface area (Å²) in [4.78, 5) is 23.1. The van der Waals surface area contributed by atoms with Crippen LogP contribution in [-0.2, 0) is 11.0 Å². The summed E-state index contributed by atoms with van der Waals surface area (Å²) < 4.78 is 79.8. The molecule has 1 aliphatic rings. The highest BCUT2D eigenvalue weighted by Gasteiger charge is 2.39. The molecule has 3 heterocycles. The fourth-order valence-electron chi connectivity index (χ4n) is 5.10. The third-order valence-electron chi connectivity index (χ3n) is 7.11. The summed E-state index contributed by atoms with van der Waals surface area (Å²) in [6.45, 7) is -0.240. The normalized spacial score (nSPS) is 15.5. The van der Waals surface area contributed by atoms with Crippen LogP contribution in [0.1, 0.15) is 17.5 Å². The van der Waals surface area contributed by atoms with Crippen molar-refractivity contribution >= 4 is 49.1 Å².